The number of fused-ring (bicyclic) bond motifs is 2. The minimum Gasteiger partial charge on any atom is -0.438 e. The van der Waals surface area contributed by atoms with Gasteiger partial charge in [0.1, 0.15) is 22.3 Å². The second kappa shape index (κ2) is 8.04. The SMILES string of the molecule is N=c1oc2ccccc2cc1C(=O)NCCNC(=O)c1cc2ccccc2oc1=N. The lowest BCUT2D eigenvalue weighted by Gasteiger charge is -2.08. The number of rotatable bonds is 5. The van der Waals surface area contributed by atoms with E-state index in [1.165, 1.54) is 0 Å². The van der Waals surface area contributed by atoms with Gasteiger partial charge in [-0.15, -0.1) is 0 Å². The molecular formula is C22H18N4O4. The lowest BCUT2D eigenvalue weighted by molar-refractivity contribution is 0.0923. The molecule has 4 aromatic rings. The maximum atomic E-state index is 12.4. The molecule has 0 unspecified atom stereocenters. The van der Waals surface area contributed by atoms with Crippen molar-refractivity contribution in [2.75, 3.05) is 13.1 Å². The largest absolute Gasteiger partial charge is 0.438 e. The second-order valence-corrected chi connectivity index (χ2v) is 6.57. The fourth-order valence-corrected chi connectivity index (χ4v) is 3.04. The molecule has 0 aliphatic rings. The van der Waals surface area contributed by atoms with Crippen LogP contribution in [-0.4, -0.2) is 24.9 Å². The van der Waals surface area contributed by atoms with E-state index in [0.29, 0.717) is 11.2 Å². The Bertz CT molecular complexity index is 1280. The molecule has 2 aromatic carbocycles. The first-order valence-electron chi connectivity index (χ1n) is 9.24. The number of amides is 2. The minimum atomic E-state index is -0.467. The second-order valence-electron chi connectivity index (χ2n) is 6.57. The van der Waals surface area contributed by atoms with Gasteiger partial charge >= 0.3 is 0 Å². The Balaban J connectivity index is 1.38. The van der Waals surface area contributed by atoms with E-state index in [0.717, 1.165) is 10.8 Å². The van der Waals surface area contributed by atoms with Crippen LogP contribution in [0.1, 0.15) is 20.7 Å². The minimum absolute atomic E-state index is 0.113. The number of hydrogen-bond donors (Lipinski definition) is 4. The molecule has 0 bridgehead atoms. The summed E-state index contributed by atoms with van der Waals surface area (Å²) in [6.45, 7) is 0.295. The molecule has 0 aliphatic heterocycles. The van der Waals surface area contributed by atoms with Crippen LogP contribution in [0.25, 0.3) is 21.9 Å². The first-order valence-corrected chi connectivity index (χ1v) is 9.24. The number of hydrogen-bond acceptors (Lipinski definition) is 6. The van der Waals surface area contributed by atoms with Crippen LogP contribution in [0.5, 0.6) is 0 Å². The van der Waals surface area contributed by atoms with Crippen LogP contribution in [-0.2, 0) is 0 Å². The van der Waals surface area contributed by atoms with Gasteiger partial charge in [-0.3, -0.25) is 20.4 Å². The fraction of sp³-hybridized carbons (Fsp3) is 0.0909. The third-order valence-electron chi connectivity index (χ3n) is 4.54. The van der Waals surface area contributed by atoms with Crippen molar-refractivity contribution in [1.29, 1.82) is 10.8 Å². The summed E-state index contributed by atoms with van der Waals surface area (Å²) >= 11 is 0. The number of carbonyl (C=O) groups is 2. The molecule has 2 aromatic heterocycles. The summed E-state index contributed by atoms with van der Waals surface area (Å²) in [5.41, 5.74) is 0.818. The maximum absolute atomic E-state index is 12.4. The van der Waals surface area contributed by atoms with Crippen molar-refractivity contribution >= 4 is 33.8 Å². The van der Waals surface area contributed by atoms with E-state index in [1.807, 2.05) is 12.1 Å². The lowest BCUT2D eigenvalue weighted by Crippen LogP contribution is -2.37. The maximum Gasteiger partial charge on any atom is 0.256 e. The summed E-state index contributed by atoms with van der Waals surface area (Å²) in [6, 6.07) is 17.4. The van der Waals surface area contributed by atoms with Gasteiger partial charge in [-0.1, -0.05) is 36.4 Å². The predicted octanol–water partition coefficient (Wildman–Crippen LogP) is 2.30. The van der Waals surface area contributed by atoms with Crippen LogP contribution in [0.4, 0.5) is 0 Å². The molecule has 2 heterocycles. The van der Waals surface area contributed by atoms with Crippen LogP contribution in [0.15, 0.2) is 69.5 Å². The molecule has 0 radical (unpaired) electrons. The van der Waals surface area contributed by atoms with Crippen molar-refractivity contribution in [1.82, 2.24) is 10.6 Å². The van der Waals surface area contributed by atoms with Crippen LogP contribution in [0.2, 0.25) is 0 Å². The van der Waals surface area contributed by atoms with Gasteiger partial charge in [-0.25, -0.2) is 0 Å². The molecular weight excluding hydrogens is 384 g/mol. The summed E-state index contributed by atoms with van der Waals surface area (Å²) in [5, 5.41) is 22.5. The normalized spacial score (nSPS) is 10.8. The van der Waals surface area contributed by atoms with Crippen molar-refractivity contribution in [3.8, 4) is 0 Å². The Morgan fingerprint density at radius 2 is 1.10 bits per heavy atom. The van der Waals surface area contributed by atoms with E-state index in [4.69, 9.17) is 19.7 Å². The number of para-hydroxylation sites is 2. The molecule has 30 heavy (non-hydrogen) atoms. The van der Waals surface area contributed by atoms with Gasteiger partial charge < -0.3 is 19.5 Å². The van der Waals surface area contributed by atoms with Gasteiger partial charge in [0.2, 0.25) is 11.1 Å². The van der Waals surface area contributed by atoms with E-state index in [1.54, 1.807) is 48.5 Å². The highest BCUT2D eigenvalue weighted by Gasteiger charge is 2.13. The first-order chi connectivity index (χ1) is 14.5. The van der Waals surface area contributed by atoms with E-state index in [-0.39, 0.29) is 35.3 Å². The zero-order valence-electron chi connectivity index (χ0n) is 15.8. The number of carbonyl (C=O) groups excluding carboxylic acids is 2. The Morgan fingerprint density at radius 3 is 1.53 bits per heavy atom. The zero-order chi connectivity index (χ0) is 21.1. The zero-order valence-corrected chi connectivity index (χ0v) is 15.8. The van der Waals surface area contributed by atoms with Gasteiger partial charge in [-0.05, 0) is 24.3 Å². The predicted molar refractivity (Wildman–Crippen MR) is 109 cm³/mol. The van der Waals surface area contributed by atoms with Crippen molar-refractivity contribution in [3.63, 3.8) is 0 Å². The molecule has 4 N–H and O–H groups in total. The standard InChI is InChI=1S/C22H18N4O4/c23-19-15(11-13-5-1-3-7-17(13)29-19)21(27)25-9-10-26-22(28)16-12-14-6-2-4-8-18(14)30-20(16)24/h1-8,11-12,23-24H,9-10H2,(H,25,27)(H,26,28). The quantitative estimate of drug-likeness (QED) is 0.381. The highest BCUT2D eigenvalue weighted by atomic mass is 16.3. The highest BCUT2D eigenvalue weighted by Crippen LogP contribution is 2.13. The molecule has 8 nitrogen and oxygen atoms in total. The third kappa shape index (κ3) is 3.83. The lowest BCUT2D eigenvalue weighted by atomic mass is 10.1. The van der Waals surface area contributed by atoms with Crippen molar-refractivity contribution in [3.05, 3.63) is 82.9 Å². The van der Waals surface area contributed by atoms with Gasteiger partial charge in [0.15, 0.2) is 0 Å². The van der Waals surface area contributed by atoms with Crippen LogP contribution < -0.4 is 21.7 Å². The smallest absolute Gasteiger partial charge is 0.256 e. The summed E-state index contributed by atoms with van der Waals surface area (Å²) < 4.78 is 10.7. The molecule has 0 saturated carbocycles. The summed E-state index contributed by atoms with van der Waals surface area (Å²) in [5.74, 6) is -0.934. The van der Waals surface area contributed by atoms with Crippen molar-refractivity contribution in [2.45, 2.75) is 0 Å². The Morgan fingerprint density at radius 1 is 0.700 bits per heavy atom. The summed E-state index contributed by atoms with van der Waals surface area (Å²) in [6.07, 6.45) is 0. The van der Waals surface area contributed by atoms with Crippen LogP contribution >= 0.6 is 0 Å². The molecule has 0 atom stereocenters. The number of benzene rings is 2. The first kappa shape index (κ1) is 19.1. The van der Waals surface area contributed by atoms with E-state index in [2.05, 4.69) is 10.6 Å². The van der Waals surface area contributed by atoms with Gasteiger partial charge in [0.05, 0.1) is 0 Å². The van der Waals surface area contributed by atoms with Crippen LogP contribution in [0.3, 0.4) is 0 Å². The van der Waals surface area contributed by atoms with E-state index >= 15 is 0 Å². The van der Waals surface area contributed by atoms with Gasteiger partial charge in [-0.2, -0.15) is 0 Å². The van der Waals surface area contributed by atoms with Crippen LogP contribution in [0, 0.1) is 10.8 Å². The van der Waals surface area contributed by atoms with Crippen molar-refractivity contribution in [2.24, 2.45) is 0 Å². The van der Waals surface area contributed by atoms with Gasteiger partial charge in [0, 0.05) is 23.9 Å². The molecule has 150 valence electrons. The topological polar surface area (TPSA) is 132 Å². The average molecular weight is 402 g/mol. The molecule has 0 fully saturated rings. The van der Waals surface area contributed by atoms with E-state index in [9.17, 15) is 9.59 Å². The summed E-state index contributed by atoms with van der Waals surface area (Å²) in [7, 11) is 0. The monoisotopic (exact) mass is 402 g/mol. The number of nitrogens with one attached hydrogen (secondary N) is 4. The van der Waals surface area contributed by atoms with E-state index < -0.39 is 11.8 Å². The van der Waals surface area contributed by atoms with Crippen molar-refractivity contribution < 1.29 is 18.4 Å². The molecule has 0 spiro atoms. The third-order valence-corrected chi connectivity index (χ3v) is 4.54. The molecule has 2 amide bonds. The highest BCUT2D eigenvalue weighted by molar-refractivity contribution is 5.97. The molecule has 0 aliphatic carbocycles. The Hall–Kier alpha value is -4.20. The van der Waals surface area contributed by atoms with Gasteiger partial charge in [0.25, 0.3) is 11.8 Å². The Labute approximate surface area is 170 Å². The Kier molecular flexibility index (Phi) is 5.13. The molecule has 8 heteroatoms. The molecule has 0 saturated heterocycles. The summed E-state index contributed by atoms with van der Waals surface area (Å²) in [4.78, 5) is 24.8. The average Bonchev–Trinajstić information content (AvgIpc) is 2.75. The molecule has 4 rings (SSSR count). The fourth-order valence-electron chi connectivity index (χ4n) is 3.04.